The van der Waals surface area contributed by atoms with Gasteiger partial charge in [-0.25, -0.2) is 4.39 Å². The molecular formula is C18H18ClFN2O4S. The fraction of sp³-hybridized carbons (Fsp3) is 0.333. The second-order valence-electron chi connectivity index (χ2n) is 5.93. The van der Waals surface area contributed by atoms with Crippen LogP contribution in [0.2, 0.25) is 5.02 Å². The van der Waals surface area contributed by atoms with Crippen molar-refractivity contribution in [1.29, 1.82) is 0 Å². The Hall–Kier alpha value is -2.03. The highest BCUT2D eigenvalue weighted by atomic mass is 35.5. The number of thioether (sulfide) groups is 1. The van der Waals surface area contributed by atoms with Crippen LogP contribution in [-0.2, 0) is 11.3 Å². The summed E-state index contributed by atoms with van der Waals surface area (Å²) in [4.78, 5) is 26.3. The molecule has 0 atom stereocenters. The maximum atomic E-state index is 13.1. The minimum Gasteiger partial charge on any atom is -0.477 e. The summed E-state index contributed by atoms with van der Waals surface area (Å²) in [5, 5.41) is 2.41. The van der Waals surface area contributed by atoms with E-state index in [0.717, 1.165) is 30.7 Å². The number of halogens is 2. The van der Waals surface area contributed by atoms with E-state index in [9.17, 15) is 14.0 Å². The third kappa shape index (κ3) is 5.72. The number of carbonyl (C=O) groups excluding carboxylic acids is 1. The van der Waals surface area contributed by atoms with Crippen molar-refractivity contribution >= 4 is 35.0 Å². The lowest BCUT2D eigenvalue weighted by molar-refractivity contribution is -0.118. The summed E-state index contributed by atoms with van der Waals surface area (Å²) in [5.74, 6) is 1.57. The van der Waals surface area contributed by atoms with Gasteiger partial charge < -0.3 is 14.5 Å². The van der Waals surface area contributed by atoms with Crippen molar-refractivity contribution in [3.63, 3.8) is 0 Å². The van der Waals surface area contributed by atoms with Gasteiger partial charge in [0.2, 0.25) is 11.2 Å². The second-order valence-corrected chi connectivity index (χ2v) is 7.56. The van der Waals surface area contributed by atoms with Crippen LogP contribution in [0.1, 0.15) is 5.76 Å². The molecule has 1 fully saturated rings. The predicted octanol–water partition coefficient (Wildman–Crippen LogP) is 3.00. The van der Waals surface area contributed by atoms with Crippen LogP contribution in [0.4, 0.5) is 10.1 Å². The van der Waals surface area contributed by atoms with Crippen molar-refractivity contribution in [3.05, 3.63) is 57.4 Å². The zero-order valence-corrected chi connectivity index (χ0v) is 15.9. The smallest absolute Gasteiger partial charge is 0.262 e. The molecular weight excluding hydrogens is 395 g/mol. The van der Waals surface area contributed by atoms with Gasteiger partial charge in [0.15, 0.2) is 6.61 Å². The first-order valence-corrected chi connectivity index (χ1v) is 9.84. The van der Waals surface area contributed by atoms with Gasteiger partial charge in [0.1, 0.15) is 17.8 Å². The SMILES string of the molecule is O=C(COc1coc(CN2CCSCC2)cc1=O)Nc1ccc(F)c(Cl)c1. The molecule has 27 heavy (non-hydrogen) atoms. The molecule has 0 bridgehead atoms. The summed E-state index contributed by atoms with van der Waals surface area (Å²) in [6.45, 7) is 2.10. The van der Waals surface area contributed by atoms with Crippen LogP contribution in [0.15, 0.2) is 39.7 Å². The normalized spacial score (nSPS) is 14.7. The summed E-state index contributed by atoms with van der Waals surface area (Å²) in [6.07, 6.45) is 1.22. The van der Waals surface area contributed by atoms with E-state index in [1.54, 1.807) is 0 Å². The molecule has 9 heteroatoms. The van der Waals surface area contributed by atoms with E-state index in [0.29, 0.717) is 18.0 Å². The average molecular weight is 413 g/mol. The highest BCUT2D eigenvalue weighted by molar-refractivity contribution is 7.99. The maximum Gasteiger partial charge on any atom is 0.262 e. The summed E-state index contributed by atoms with van der Waals surface area (Å²) < 4.78 is 23.8. The number of ether oxygens (including phenoxy) is 1. The van der Waals surface area contributed by atoms with Crippen LogP contribution in [-0.4, -0.2) is 42.0 Å². The highest BCUT2D eigenvalue weighted by Gasteiger charge is 2.14. The highest BCUT2D eigenvalue weighted by Crippen LogP contribution is 2.19. The number of amides is 1. The Morgan fingerprint density at radius 3 is 2.81 bits per heavy atom. The quantitative estimate of drug-likeness (QED) is 0.786. The minimum atomic E-state index is -0.577. The molecule has 1 aliphatic rings. The van der Waals surface area contributed by atoms with E-state index in [1.165, 1.54) is 24.5 Å². The van der Waals surface area contributed by atoms with E-state index in [4.69, 9.17) is 20.8 Å². The number of rotatable bonds is 6. The lowest BCUT2D eigenvalue weighted by Crippen LogP contribution is -2.32. The fourth-order valence-electron chi connectivity index (χ4n) is 2.52. The van der Waals surface area contributed by atoms with Crippen LogP contribution in [0.25, 0.3) is 0 Å². The van der Waals surface area contributed by atoms with E-state index < -0.39 is 11.7 Å². The van der Waals surface area contributed by atoms with Gasteiger partial charge in [0, 0.05) is 36.3 Å². The first-order valence-electron chi connectivity index (χ1n) is 8.31. The van der Waals surface area contributed by atoms with Crippen molar-refractivity contribution < 1.29 is 18.3 Å². The molecule has 6 nitrogen and oxygen atoms in total. The van der Waals surface area contributed by atoms with Gasteiger partial charge in [-0.15, -0.1) is 0 Å². The van der Waals surface area contributed by atoms with E-state index in [1.807, 2.05) is 11.8 Å². The maximum absolute atomic E-state index is 13.1. The molecule has 144 valence electrons. The van der Waals surface area contributed by atoms with Crippen LogP contribution in [0.3, 0.4) is 0 Å². The van der Waals surface area contributed by atoms with Gasteiger partial charge >= 0.3 is 0 Å². The number of anilines is 1. The largest absolute Gasteiger partial charge is 0.477 e. The van der Waals surface area contributed by atoms with Crippen molar-refractivity contribution in [1.82, 2.24) is 4.90 Å². The molecule has 1 amide bonds. The molecule has 0 spiro atoms. The van der Waals surface area contributed by atoms with Gasteiger partial charge in [-0.05, 0) is 18.2 Å². The Bertz CT molecular complexity index is 871. The second kappa shape index (κ2) is 9.25. The number of nitrogens with one attached hydrogen (secondary N) is 1. The molecule has 1 aromatic heterocycles. The molecule has 2 heterocycles. The van der Waals surface area contributed by atoms with Gasteiger partial charge in [-0.3, -0.25) is 14.5 Å². The Labute approximate surface area is 164 Å². The zero-order chi connectivity index (χ0) is 19.2. The molecule has 0 saturated carbocycles. The van der Waals surface area contributed by atoms with Crippen molar-refractivity contribution in [2.24, 2.45) is 0 Å². The number of hydrogen-bond acceptors (Lipinski definition) is 6. The Balaban J connectivity index is 1.53. The standard InChI is InChI=1S/C18H18ClFN2O4S/c19-14-7-12(1-2-15(14)20)21-18(24)11-26-17-10-25-13(8-16(17)23)9-22-3-5-27-6-4-22/h1-2,7-8,10H,3-6,9,11H2,(H,21,24). The Morgan fingerprint density at radius 1 is 1.33 bits per heavy atom. The van der Waals surface area contributed by atoms with Crippen molar-refractivity contribution in [3.8, 4) is 5.75 Å². The van der Waals surface area contributed by atoms with Gasteiger partial charge in [0.05, 0.1) is 11.6 Å². The van der Waals surface area contributed by atoms with Crippen LogP contribution in [0.5, 0.6) is 5.75 Å². The molecule has 1 aliphatic heterocycles. The average Bonchev–Trinajstić information content (AvgIpc) is 2.65. The van der Waals surface area contributed by atoms with E-state index in [2.05, 4.69) is 10.2 Å². The van der Waals surface area contributed by atoms with Crippen LogP contribution in [0, 0.1) is 5.82 Å². The molecule has 1 N–H and O–H groups in total. The first-order chi connectivity index (χ1) is 13.0. The summed E-state index contributed by atoms with van der Waals surface area (Å²) in [5.41, 5.74) is -0.0164. The molecule has 0 aliphatic carbocycles. The third-order valence-electron chi connectivity index (χ3n) is 3.90. The minimum absolute atomic E-state index is 0.0414. The third-order valence-corrected chi connectivity index (χ3v) is 5.13. The van der Waals surface area contributed by atoms with Crippen molar-refractivity contribution in [2.45, 2.75) is 6.54 Å². The van der Waals surface area contributed by atoms with Gasteiger partial charge in [0.25, 0.3) is 5.91 Å². The van der Waals surface area contributed by atoms with Crippen LogP contribution < -0.4 is 15.5 Å². The molecule has 1 aromatic carbocycles. The lowest BCUT2D eigenvalue weighted by atomic mass is 10.3. The Morgan fingerprint density at radius 2 is 2.11 bits per heavy atom. The number of carbonyl (C=O) groups is 1. The molecule has 3 rings (SSSR count). The van der Waals surface area contributed by atoms with E-state index >= 15 is 0 Å². The number of benzene rings is 1. The first kappa shape index (κ1) is 19.7. The van der Waals surface area contributed by atoms with Gasteiger partial charge in [-0.1, -0.05) is 11.6 Å². The molecule has 2 aromatic rings. The fourth-order valence-corrected chi connectivity index (χ4v) is 3.68. The van der Waals surface area contributed by atoms with Crippen molar-refractivity contribution in [2.75, 3.05) is 36.5 Å². The van der Waals surface area contributed by atoms with E-state index in [-0.39, 0.29) is 22.8 Å². The lowest BCUT2D eigenvalue weighted by Gasteiger charge is -2.25. The summed E-state index contributed by atoms with van der Waals surface area (Å²) in [7, 11) is 0. The Kier molecular flexibility index (Phi) is 6.76. The van der Waals surface area contributed by atoms with Gasteiger partial charge in [-0.2, -0.15) is 11.8 Å². The number of nitrogens with zero attached hydrogens (tertiary/aromatic N) is 1. The molecule has 0 unspecified atom stereocenters. The van der Waals surface area contributed by atoms with Crippen LogP contribution >= 0.6 is 23.4 Å². The topological polar surface area (TPSA) is 71.8 Å². The zero-order valence-electron chi connectivity index (χ0n) is 14.4. The summed E-state index contributed by atoms with van der Waals surface area (Å²) in [6, 6.07) is 5.19. The monoisotopic (exact) mass is 412 g/mol. The molecule has 0 radical (unpaired) electrons. The predicted molar refractivity (Wildman–Crippen MR) is 103 cm³/mol. The number of hydrogen-bond donors (Lipinski definition) is 1. The summed E-state index contributed by atoms with van der Waals surface area (Å²) >= 11 is 7.57. The molecule has 1 saturated heterocycles.